The summed E-state index contributed by atoms with van der Waals surface area (Å²) < 4.78 is 13.7. The van der Waals surface area contributed by atoms with Crippen molar-refractivity contribution in [3.8, 4) is 0 Å². The largest absolute Gasteiger partial charge is 0.288 e. The first-order chi connectivity index (χ1) is 8.11. The Labute approximate surface area is 103 Å². The lowest BCUT2D eigenvalue weighted by atomic mass is 10.0. The van der Waals surface area contributed by atoms with Crippen molar-refractivity contribution in [3.05, 3.63) is 64.2 Å². The lowest BCUT2D eigenvalue weighted by molar-refractivity contribution is 0.103. The van der Waals surface area contributed by atoms with Crippen LogP contribution in [0, 0.1) is 12.7 Å². The lowest BCUT2D eigenvalue weighted by Crippen LogP contribution is -2.06. The Balaban J connectivity index is 2.52. The van der Waals surface area contributed by atoms with Crippen molar-refractivity contribution in [2.45, 2.75) is 6.92 Å². The first-order valence-corrected chi connectivity index (χ1v) is 5.38. The minimum absolute atomic E-state index is 0.0337. The molecule has 17 heavy (non-hydrogen) atoms. The molecule has 86 valence electrons. The van der Waals surface area contributed by atoms with Crippen LogP contribution in [0.4, 0.5) is 4.39 Å². The number of benzene rings is 1. The number of aromatic nitrogens is 1. The van der Waals surface area contributed by atoms with Crippen molar-refractivity contribution in [3.63, 3.8) is 0 Å². The molecular formula is C13H9ClFNO. The highest BCUT2D eigenvalue weighted by atomic mass is 35.5. The third kappa shape index (κ3) is 2.19. The molecule has 2 nitrogen and oxygen atoms in total. The second-order valence-electron chi connectivity index (χ2n) is 3.62. The van der Waals surface area contributed by atoms with Gasteiger partial charge < -0.3 is 0 Å². The summed E-state index contributed by atoms with van der Waals surface area (Å²) in [6.45, 7) is 1.78. The number of carbonyl (C=O) groups excluding carboxylic acids is 1. The van der Waals surface area contributed by atoms with Crippen molar-refractivity contribution in [1.82, 2.24) is 4.98 Å². The monoisotopic (exact) mass is 249 g/mol. The molecule has 0 atom stereocenters. The summed E-state index contributed by atoms with van der Waals surface area (Å²) in [5, 5.41) is -0.0580. The van der Waals surface area contributed by atoms with Crippen molar-refractivity contribution < 1.29 is 9.18 Å². The van der Waals surface area contributed by atoms with Crippen LogP contribution in [-0.2, 0) is 0 Å². The maximum Gasteiger partial charge on any atom is 0.197 e. The molecular weight excluding hydrogens is 241 g/mol. The second kappa shape index (κ2) is 4.63. The van der Waals surface area contributed by atoms with Crippen LogP contribution in [0.3, 0.4) is 0 Å². The Morgan fingerprint density at radius 1 is 1.29 bits per heavy atom. The number of hydrogen-bond acceptors (Lipinski definition) is 2. The van der Waals surface area contributed by atoms with E-state index in [1.165, 1.54) is 18.3 Å². The van der Waals surface area contributed by atoms with Gasteiger partial charge in [-0.1, -0.05) is 17.7 Å². The molecule has 0 N–H and O–H groups in total. The molecule has 0 unspecified atom stereocenters. The number of aryl methyl sites for hydroxylation is 1. The highest BCUT2D eigenvalue weighted by Gasteiger charge is 2.17. The van der Waals surface area contributed by atoms with E-state index in [0.717, 1.165) is 5.56 Å². The fourth-order valence-corrected chi connectivity index (χ4v) is 1.70. The van der Waals surface area contributed by atoms with E-state index in [0.29, 0.717) is 5.56 Å². The highest BCUT2D eigenvalue weighted by molar-refractivity contribution is 6.31. The molecule has 1 aromatic carbocycles. The van der Waals surface area contributed by atoms with Gasteiger partial charge in [-0.2, -0.15) is 0 Å². The van der Waals surface area contributed by atoms with E-state index in [4.69, 9.17) is 11.6 Å². The summed E-state index contributed by atoms with van der Waals surface area (Å²) in [5.74, 6) is -1.10. The van der Waals surface area contributed by atoms with Crippen LogP contribution in [-0.4, -0.2) is 10.8 Å². The average Bonchev–Trinajstić information content (AvgIpc) is 2.32. The van der Waals surface area contributed by atoms with Gasteiger partial charge in [0.05, 0.1) is 10.6 Å². The standard InChI is InChI=1S/C13H9ClFNO/c1-8-5-6-16-7-10(8)13(17)9-3-2-4-11(14)12(9)15/h2-7H,1H3. The average molecular weight is 250 g/mol. The van der Waals surface area contributed by atoms with Gasteiger partial charge in [-0.25, -0.2) is 4.39 Å². The number of halogens is 2. The minimum atomic E-state index is -0.692. The number of pyridine rings is 1. The predicted molar refractivity (Wildman–Crippen MR) is 63.8 cm³/mol. The summed E-state index contributed by atoms with van der Waals surface area (Å²) >= 11 is 5.64. The zero-order chi connectivity index (χ0) is 12.4. The number of rotatable bonds is 2. The normalized spacial score (nSPS) is 10.3. The van der Waals surface area contributed by atoms with Crippen LogP contribution < -0.4 is 0 Å². The molecule has 0 aliphatic carbocycles. The molecule has 2 aromatic rings. The maximum absolute atomic E-state index is 13.7. The fraction of sp³-hybridized carbons (Fsp3) is 0.0769. The van der Waals surface area contributed by atoms with Gasteiger partial charge in [-0.05, 0) is 30.7 Å². The Hall–Kier alpha value is -1.74. The van der Waals surface area contributed by atoms with Gasteiger partial charge in [-0.15, -0.1) is 0 Å². The van der Waals surface area contributed by atoms with Crippen LogP contribution in [0.1, 0.15) is 21.5 Å². The van der Waals surface area contributed by atoms with Crippen molar-refractivity contribution in [2.24, 2.45) is 0 Å². The molecule has 1 aromatic heterocycles. The Bertz CT molecular complexity index is 583. The van der Waals surface area contributed by atoms with Gasteiger partial charge in [0.2, 0.25) is 0 Å². The summed E-state index contributed by atoms with van der Waals surface area (Å²) in [7, 11) is 0. The molecule has 2 rings (SSSR count). The zero-order valence-electron chi connectivity index (χ0n) is 9.08. The molecule has 0 fully saturated rings. The van der Waals surface area contributed by atoms with Crippen molar-refractivity contribution in [1.29, 1.82) is 0 Å². The topological polar surface area (TPSA) is 30.0 Å². The molecule has 0 spiro atoms. The van der Waals surface area contributed by atoms with Crippen molar-refractivity contribution >= 4 is 17.4 Å². The van der Waals surface area contributed by atoms with E-state index < -0.39 is 11.6 Å². The van der Waals surface area contributed by atoms with Crippen LogP contribution in [0.15, 0.2) is 36.7 Å². The van der Waals surface area contributed by atoms with E-state index in [9.17, 15) is 9.18 Å². The van der Waals surface area contributed by atoms with E-state index in [2.05, 4.69) is 4.98 Å². The van der Waals surface area contributed by atoms with Gasteiger partial charge >= 0.3 is 0 Å². The zero-order valence-corrected chi connectivity index (χ0v) is 9.83. The summed E-state index contributed by atoms with van der Waals surface area (Å²) in [6.07, 6.45) is 3.01. The highest BCUT2D eigenvalue weighted by Crippen LogP contribution is 2.21. The molecule has 0 amide bonds. The third-order valence-corrected chi connectivity index (χ3v) is 2.77. The van der Waals surface area contributed by atoms with Crippen LogP contribution in [0.25, 0.3) is 0 Å². The Morgan fingerprint density at radius 2 is 2.06 bits per heavy atom. The van der Waals surface area contributed by atoms with Crippen molar-refractivity contribution in [2.75, 3.05) is 0 Å². The van der Waals surface area contributed by atoms with Gasteiger partial charge in [0.25, 0.3) is 0 Å². The number of nitrogens with zero attached hydrogens (tertiary/aromatic N) is 1. The number of hydrogen-bond donors (Lipinski definition) is 0. The van der Waals surface area contributed by atoms with E-state index in [1.54, 1.807) is 25.3 Å². The summed E-state index contributed by atoms with van der Waals surface area (Å²) in [5.41, 5.74) is 1.10. The Kier molecular flexibility index (Phi) is 3.20. The quantitative estimate of drug-likeness (QED) is 0.764. The van der Waals surface area contributed by atoms with E-state index in [1.807, 2.05) is 0 Å². The molecule has 4 heteroatoms. The first kappa shape index (κ1) is 11.7. The second-order valence-corrected chi connectivity index (χ2v) is 4.03. The SMILES string of the molecule is Cc1ccncc1C(=O)c1cccc(Cl)c1F. The molecule has 0 bridgehead atoms. The number of carbonyl (C=O) groups is 1. The van der Waals surface area contributed by atoms with Gasteiger partial charge in [0.1, 0.15) is 0 Å². The first-order valence-electron chi connectivity index (χ1n) is 5.00. The molecule has 0 saturated heterocycles. The summed E-state index contributed by atoms with van der Waals surface area (Å²) in [4.78, 5) is 16.0. The molecule has 0 aliphatic rings. The molecule has 1 heterocycles. The fourth-order valence-electron chi connectivity index (χ4n) is 1.53. The Morgan fingerprint density at radius 3 is 2.76 bits per heavy atom. The van der Waals surface area contributed by atoms with Crippen LogP contribution >= 0.6 is 11.6 Å². The maximum atomic E-state index is 13.7. The third-order valence-electron chi connectivity index (χ3n) is 2.48. The summed E-state index contributed by atoms with van der Waals surface area (Å²) in [6, 6.07) is 6.07. The van der Waals surface area contributed by atoms with Crippen LogP contribution in [0.2, 0.25) is 5.02 Å². The van der Waals surface area contributed by atoms with E-state index in [-0.39, 0.29) is 10.6 Å². The molecule has 0 saturated carbocycles. The van der Waals surface area contributed by atoms with Gasteiger partial charge in [0.15, 0.2) is 11.6 Å². The predicted octanol–water partition coefficient (Wildman–Crippen LogP) is 3.41. The number of ketones is 1. The minimum Gasteiger partial charge on any atom is -0.288 e. The van der Waals surface area contributed by atoms with Gasteiger partial charge in [0, 0.05) is 18.0 Å². The van der Waals surface area contributed by atoms with E-state index >= 15 is 0 Å². The molecule has 0 aliphatic heterocycles. The van der Waals surface area contributed by atoms with Crippen LogP contribution in [0.5, 0.6) is 0 Å². The smallest absolute Gasteiger partial charge is 0.197 e. The van der Waals surface area contributed by atoms with Gasteiger partial charge in [-0.3, -0.25) is 9.78 Å². The molecule has 0 radical (unpaired) electrons. The lowest BCUT2D eigenvalue weighted by Gasteiger charge is -2.05.